The second kappa shape index (κ2) is 3.04. The molecule has 16 heavy (non-hydrogen) atoms. The first-order valence-corrected chi connectivity index (χ1v) is 4.94. The molecule has 0 bridgehead atoms. The standard InChI is InChI=1S/C11H8F2N2O/c12-5-3-6-9-8(1-2-14-11(9)16)15-10(6)7(13)4-5/h3-4,15H,1-2H2,(H,14,16). The van der Waals surface area contributed by atoms with Gasteiger partial charge in [0.2, 0.25) is 0 Å². The summed E-state index contributed by atoms with van der Waals surface area (Å²) in [6.07, 6.45) is 0.608. The molecule has 82 valence electrons. The van der Waals surface area contributed by atoms with E-state index >= 15 is 0 Å². The molecule has 3 rings (SSSR count). The van der Waals surface area contributed by atoms with Gasteiger partial charge in [0.1, 0.15) is 11.6 Å². The Kier molecular flexibility index (Phi) is 1.77. The van der Waals surface area contributed by atoms with Crippen LogP contribution >= 0.6 is 0 Å². The molecule has 0 saturated heterocycles. The molecular formula is C11H8F2N2O. The molecule has 0 spiro atoms. The number of hydrogen-bond acceptors (Lipinski definition) is 1. The predicted molar refractivity (Wildman–Crippen MR) is 54.3 cm³/mol. The number of hydrogen-bond donors (Lipinski definition) is 2. The van der Waals surface area contributed by atoms with Crippen LogP contribution in [0.15, 0.2) is 12.1 Å². The van der Waals surface area contributed by atoms with Crippen molar-refractivity contribution in [2.75, 3.05) is 6.54 Å². The van der Waals surface area contributed by atoms with Gasteiger partial charge in [-0.2, -0.15) is 0 Å². The van der Waals surface area contributed by atoms with E-state index in [1.165, 1.54) is 6.07 Å². The van der Waals surface area contributed by atoms with E-state index in [9.17, 15) is 13.6 Å². The molecule has 2 aromatic rings. The highest BCUT2D eigenvalue weighted by Gasteiger charge is 2.23. The number of halogens is 2. The highest BCUT2D eigenvalue weighted by atomic mass is 19.1. The number of nitrogens with one attached hydrogen (secondary N) is 2. The maximum absolute atomic E-state index is 13.5. The lowest BCUT2D eigenvalue weighted by atomic mass is 10.1. The normalized spacial score (nSPS) is 15.0. The van der Waals surface area contributed by atoms with E-state index in [2.05, 4.69) is 10.3 Å². The van der Waals surface area contributed by atoms with Gasteiger partial charge in [0, 0.05) is 30.1 Å². The Morgan fingerprint density at radius 3 is 2.88 bits per heavy atom. The molecule has 2 heterocycles. The molecular weight excluding hydrogens is 214 g/mol. The average Bonchev–Trinajstić information content (AvgIpc) is 2.58. The lowest BCUT2D eigenvalue weighted by Gasteiger charge is -2.11. The summed E-state index contributed by atoms with van der Waals surface area (Å²) in [5, 5.41) is 2.96. The number of aromatic nitrogens is 1. The molecule has 0 unspecified atom stereocenters. The van der Waals surface area contributed by atoms with Gasteiger partial charge in [-0.05, 0) is 6.07 Å². The molecule has 1 aromatic carbocycles. The van der Waals surface area contributed by atoms with Crippen molar-refractivity contribution in [1.82, 2.24) is 10.3 Å². The lowest BCUT2D eigenvalue weighted by molar-refractivity contribution is 0.0947. The summed E-state index contributed by atoms with van der Waals surface area (Å²) in [4.78, 5) is 14.4. The van der Waals surface area contributed by atoms with Crippen LogP contribution in [0.5, 0.6) is 0 Å². The Hall–Kier alpha value is -1.91. The number of H-pyrrole nitrogens is 1. The van der Waals surface area contributed by atoms with Gasteiger partial charge < -0.3 is 10.3 Å². The second-order valence-electron chi connectivity index (χ2n) is 3.79. The number of amides is 1. The van der Waals surface area contributed by atoms with Crippen LogP contribution in [0.2, 0.25) is 0 Å². The monoisotopic (exact) mass is 222 g/mol. The van der Waals surface area contributed by atoms with E-state index < -0.39 is 11.6 Å². The lowest BCUT2D eigenvalue weighted by Crippen LogP contribution is -2.31. The summed E-state index contributed by atoms with van der Waals surface area (Å²) in [6, 6.07) is 1.99. The van der Waals surface area contributed by atoms with Crippen LogP contribution in [0.1, 0.15) is 16.1 Å². The molecule has 0 saturated carbocycles. The maximum atomic E-state index is 13.5. The van der Waals surface area contributed by atoms with Crippen LogP contribution in [-0.4, -0.2) is 17.4 Å². The predicted octanol–water partition coefficient (Wildman–Crippen LogP) is 1.73. The Bertz CT molecular complexity index is 604. The minimum Gasteiger partial charge on any atom is -0.355 e. The summed E-state index contributed by atoms with van der Waals surface area (Å²) in [5.74, 6) is -1.63. The van der Waals surface area contributed by atoms with Crippen molar-refractivity contribution in [2.24, 2.45) is 0 Å². The first kappa shape index (κ1) is 9.33. The second-order valence-corrected chi connectivity index (χ2v) is 3.79. The molecule has 1 aliphatic heterocycles. The first-order chi connectivity index (χ1) is 7.66. The molecule has 0 atom stereocenters. The molecule has 0 fully saturated rings. The molecule has 5 heteroatoms. The third kappa shape index (κ3) is 1.14. The third-order valence-electron chi connectivity index (χ3n) is 2.79. The van der Waals surface area contributed by atoms with E-state index in [4.69, 9.17) is 0 Å². The number of benzene rings is 1. The minimum absolute atomic E-state index is 0.198. The Morgan fingerprint density at radius 1 is 1.25 bits per heavy atom. The average molecular weight is 222 g/mol. The topological polar surface area (TPSA) is 44.9 Å². The number of aromatic amines is 1. The summed E-state index contributed by atoms with van der Waals surface area (Å²) in [6.45, 7) is 0.517. The number of fused-ring (bicyclic) bond motifs is 3. The van der Waals surface area contributed by atoms with Crippen LogP contribution in [0, 0.1) is 11.6 Å². The number of carbonyl (C=O) groups excluding carboxylic acids is 1. The van der Waals surface area contributed by atoms with Crippen molar-refractivity contribution in [3.05, 3.63) is 35.0 Å². The fourth-order valence-electron chi connectivity index (χ4n) is 2.11. The maximum Gasteiger partial charge on any atom is 0.253 e. The van der Waals surface area contributed by atoms with Crippen molar-refractivity contribution in [2.45, 2.75) is 6.42 Å². The molecule has 1 aromatic heterocycles. The molecule has 0 radical (unpaired) electrons. The fraction of sp³-hybridized carbons (Fsp3) is 0.182. The van der Waals surface area contributed by atoms with Crippen molar-refractivity contribution in [3.63, 3.8) is 0 Å². The van der Waals surface area contributed by atoms with Gasteiger partial charge in [-0.25, -0.2) is 8.78 Å². The van der Waals surface area contributed by atoms with E-state index in [1.807, 2.05) is 0 Å². The van der Waals surface area contributed by atoms with Crippen molar-refractivity contribution < 1.29 is 13.6 Å². The zero-order chi connectivity index (χ0) is 11.3. The molecule has 0 aliphatic carbocycles. The third-order valence-corrected chi connectivity index (χ3v) is 2.79. The SMILES string of the molecule is O=C1NCCc2[nH]c3c(F)cc(F)cc3c21. The summed E-state index contributed by atoms with van der Waals surface area (Å²) in [5.41, 5.74) is 1.23. The van der Waals surface area contributed by atoms with Crippen molar-refractivity contribution in [1.29, 1.82) is 0 Å². The van der Waals surface area contributed by atoms with E-state index in [-0.39, 0.29) is 11.4 Å². The number of rotatable bonds is 0. The smallest absolute Gasteiger partial charge is 0.253 e. The van der Waals surface area contributed by atoms with Crippen LogP contribution in [0.25, 0.3) is 10.9 Å². The van der Waals surface area contributed by atoms with E-state index in [0.29, 0.717) is 29.6 Å². The largest absolute Gasteiger partial charge is 0.355 e. The van der Waals surface area contributed by atoms with Gasteiger partial charge >= 0.3 is 0 Å². The minimum atomic E-state index is -0.676. The van der Waals surface area contributed by atoms with Crippen LogP contribution in [-0.2, 0) is 6.42 Å². The molecule has 3 nitrogen and oxygen atoms in total. The molecule has 1 aliphatic rings. The van der Waals surface area contributed by atoms with E-state index in [0.717, 1.165) is 6.07 Å². The van der Waals surface area contributed by atoms with Gasteiger partial charge in [-0.3, -0.25) is 4.79 Å². The zero-order valence-corrected chi connectivity index (χ0v) is 8.23. The van der Waals surface area contributed by atoms with Gasteiger partial charge in [-0.15, -0.1) is 0 Å². The van der Waals surface area contributed by atoms with Gasteiger partial charge in [0.15, 0.2) is 0 Å². The van der Waals surface area contributed by atoms with E-state index in [1.54, 1.807) is 0 Å². The first-order valence-electron chi connectivity index (χ1n) is 4.94. The summed E-state index contributed by atoms with van der Waals surface area (Å²) in [7, 11) is 0. The van der Waals surface area contributed by atoms with Gasteiger partial charge in [0.25, 0.3) is 5.91 Å². The number of carbonyl (C=O) groups is 1. The summed E-state index contributed by atoms with van der Waals surface area (Å²) < 4.78 is 26.5. The Balaban J connectivity index is 2.42. The Morgan fingerprint density at radius 2 is 2.06 bits per heavy atom. The highest BCUT2D eigenvalue weighted by Crippen LogP contribution is 2.27. The fourth-order valence-corrected chi connectivity index (χ4v) is 2.11. The highest BCUT2D eigenvalue weighted by molar-refractivity contribution is 6.09. The van der Waals surface area contributed by atoms with Crippen molar-refractivity contribution in [3.8, 4) is 0 Å². The quantitative estimate of drug-likeness (QED) is 0.700. The molecule has 1 amide bonds. The zero-order valence-electron chi connectivity index (χ0n) is 8.23. The van der Waals surface area contributed by atoms with Gasteiger partial charge in [-0.1, -0.05) is 0 Å². The van der Waals surface area contributed by atoms with Crippen LogP contribution < -0.4 is 5.32 Å². The molecule has 2 N–H and O–H groups in total. The summed E-state index contributed by atoms with van der Waals surface area (Å²) >= 11 is 0. The van der Waals surface area contributed by atoms with Gasteiger partial charge in [0.05, 0.1) is 11.1 Å². The van der Waals surface area contributed by atoms with Crippen molar-refractivity contribution >= 4 is 16.8 Å². The van der Waals surface area contributed by atoms with Crippen LogP contribution in [0.4, 0.5) is 8.78 Å². The van der Waals surface area contributed by atoms with Crippen LogP contribution in [0.3, 0.4) is 0 Å². The Labute approximate surface area is 89.5 Å².